The third-order valence-electron chi connectivity index (χ3n) is 4.43. The van der Waals surface area contributed by atoms with Crippen molar-refractivity contribution >= 4 is 29.8 Å². The van der Waals surface area contributed by atoms with Crippen LogP contribution in [0.1, 0.15) is 32.6 Å². The zero-order chi connectivity index (χ0) is 18.5. The van der Waals surface area contributed by atoms with E-state index in [2.05, 4.69) is 37.4 Å². The van der Waals surface area contributed by atoms with Gasteiger partial charge in [-0.2, -0.15) is 0 Å². The molecule has 1 N–H and O–H groups in total. The Balaban J connectivity index is 1.89. The number of carbonyl (C=O) groups is 1. The lowest BCUT2D eigenvalue weighted by Gasteiger charge is -2.10. The lowest BCUT2D eigenvalue weighted by atomic mass is 10.0. The molecule has 0 aliphatic carbocycles. The van der Waals surface area contributed by atoms with Gasteiger partial charge in [0.25, 0.3) is 0 Å². The largest absolute Gasteiger partial charge is 0.355 e. The van der Waals surface area contributed by atoms with Crippen LogP contribution in [0, 0.1) is 19.7 Å². The van der Waals surface area contributed by atoms with Gasteiger partial charge in [0, 0.05) is 16.9 Å². The van der Waals surface area contributed by atoms with Gasteiger partial charge in [-0.05, 0) is 72.5 Å². The summed E-state index contributed by atoms with van der Waals surface area (Å²) in [5, 5.41) is 3.18. The number of benzene rings is 3. The van der Waals surface area contributed by atoms with Gasteiger partial charge in [-0.1, -0.05) is 36.4 Å². The van der Waals surface area contributed by atoms with Gasteiger partial charge in [-0.15, -0.1) is 0 Å². The highest BCUT2D eigenvalue weighted by molar-refractivity contribution is 5.87. The van der Waals surface area contributed by atoms with Gasteiger partial charge in [0.2, 0.25) is 0 Å². The normalized spacial score (nSPS) is 10.9. The zero-order valence-electron chi connectivity index (χ0n) is 14.8. The maximum atomic E-state index is 13.1. The molecule has 0 aromatic heterocycles. The molecule has 0 radical (unpaired) electrons. The average Bonchev–Trinajstić information content (AvgIpc) is 2.65. The Kier molecular flexibility index (Phi) is 5.28. The Morgan fingerprint density at radius 3 is 2.38 bits per heavy atom. The van der Waals surface area contributed by atoms with Crippen LogP contribution in [-0.4, -0.2) is 6.29 Å². The fourth-order valence-electron chi connectivity index (χ4n) is 2.72. The van der Waals surface area contributed by atoms with Gasteiger partial charge in [0.05, 0.1) is 0 Å². The summed E-state index contributed by atoms with van der Waals surface area (Å²) in [6.07, 6.45) is 4.90. The summed E-state index contributed by atoms with van der Waals surface area (Å²) in [6, 6.07) is 17.9. The van der Waals surface area contributed by atoms with Crippen LogP contribution >= 0.6 is 0 Å². The Morgan fingerprint density at radius 1 is 0.885 bits per heavy atom. The van der Waals surface area contributed by atoms with E-state index < -0.39 is 0 Å². The first-order valence-corrected chi connectivity index (χ1v) is 8.43. The predicted octanol–water partition coefficient (Wildman–Crippen LogP) is 6.17. The van der Waals surface area contributed by atoms with E-state index in [1.807, 2.05) is 24.3 Å². The SMILES string of the molecule is Cc1cccc(/C=C/c2ccc(C=O)c(Nc3ccc(F)cc3)c2)c1C. The number of rotatable bonds is 5. The van der Waals surface area contributed by atoms with E-state index >= 15 is 0 Å². The highest BCUT2D eigenvalue weighted by Crippen LogP contribution is 2.23. The second-order valence-corrected chi connectivity index (χ2v) is 6.22. The predicted molar refractivity (Wildman–Crippen MR) is 106 cm³/mol. The summed E-state index contributed by atoms with van der Waals surface area (Å²) in [7, 11) is 0. The maximum Gasteiger partial charge on any atom is 0.152 e. The standard InChI is InChI=1S/C23H20FNO/c1-16-4-3-5-19(17(16)2)8-6-18-7-9-20(15-26)23(14-18)25-22-12-10-21(24)11-13-22/h3-15,25H,1-2H3/b8-6+. The quantitative estimate of drug-likeness (QED) is 0.442. The molecule has 0 bridgehead atoms. The topological polar surface area (TPSA) is 29.1 Å². The van der Waals surface area contributed by atoms with Crippen LogP contribution in [0.4, 0.5) is 15.8 Å². The molecule has 0 aliphatic rings. The molecule has 2 nitrogen and oxygen atoms in total. The van der Waals surface area contributed by atoms with E-state index in [0.29, 0.717) is 11.3 Å². The lowest BCUT2D eigenvalue weighted by Crippen LogP contribution is -1.96. The molecular weight excluding hydrogens is 325 g/mol. The number of aryl methyl sites for hydroxylation is 1. The van der Waals surface area contributed by atoms with Crippen LogP contribution in [0.3, 0.4) is 0 Å². The molecule has 0 fully saturated rings. The van der Waals surface area contributed by atoms with Gasteiger partial charge in [-0.3, -0.25) is 4.79 Å². The molecule has 0 aliphatic heterocycles. The lowest BCUT2D eigenvalue weighted by molar-refractivity contribution is 0.112. The molecule has 3 aromatic carbocycles. The van der Waals surface area contributed by atoms with Crippen LogP contribution in [0.2, 0.25) is 0 Å². The fraction of sp³-hybridized carbons (Fsp3) is 0.0870. The molecule has 26 heavy (non-hydrogen) atoms. The van der Waals surface area contributed by atoms with Crippen LogP contribution in [0.25, 0.3) is 12.2 Å². The number of hydrogen-bond donors (Lipinski definition) is 1. The molecule has 0 unspecified atom stereocenters. The minimum Gasteiger partial charge on any atom is -0.355 e. The van der Waals surface area contributed by atoms with Crippen molar-refractivity contribution in [3.05, 3.63) is 94.3 Å². The van der Waals surface area contributed by atoms with E-state index in [0.717, 1.165) is 23.1 Å². The minimum absolute atomic E-state index is 0.295. The maximum absolute atomic E-state index is 13.1. The molecule has 3 aromatic rings. The Bertz CT molecular complexity index is 958. The van der Waals surface area contributed by atoms with Gasteiger partial charge in [0.1, 0.15) is 5.82 Å². The van der Waals surface area contributed by atoms with Crippen molar-refractivity contribution in [1.82, 2.24) is 0 Å². The number of halogens is 1. The van der Waals surface area contributed by atoms with Crippen molar-refractivity contribution in [1.29, 1.82) is 0 Å². The Labute approximate surface area is 153 Å². The second kappa shape index (κ2) is 7.79. The smallest absolute Gasteiger partial charge is 0.152 e. The molecule has 0 amide bonds. The summed E-state index contributed by atoms with van der Waals surface area (Å²) in [5.74, 6) is -0.295. The van der Waals surface area contributed by atoms with Crippen LogP contribution in [0.15, 0.2) is 60.7 Å². The molecule has 130 valence electrons. The number of nitrogens with one attached hydrogen (secondary N) is 1. The monoisotopic (exact) mass is 345 g/mol. The molecule has 0 spiro atoms. The average molecular weight is 345 g/mol. The minimum atomic E-state index is -0.295. The fourth-order valence-corrected chi connectivity index (χ4v) is 2.72. The first-order chi connectivity index (χ1) is 12.6. The number of aldehydes is 1. The molecule has 3 heteroatoms. The van der Waals surface area contributed by atoms with Gasteiger partial charge in [0.15, 0.2) is 6.29 Å². The van der Waals surface area contributed by atoms with E-state index in [9.17, 15) is 9.18 Å². The summed E-state index contributed by atoms with van der Waals surface area (Å²) in [4.78, 5) is 11.3. The first-order valence-electron chi connectivity index (χ1n) is 8.43. The summed E-state index contributed by atoms with van der Waals surface area (Å²) < 4.78 is 13.1. The summed E-state index contributed by atoms with van der Waals surface area (Å²) in [6.45, 7) is 4.20. The van der Waals surface area contributed by atoms with Crippen molar-refractivity contribution in [2.45, 2.75) is 13.8 Å². The molecular formula is C23H20FNO. The number of hydrogen-bond acceptors (Lipinski definition) is 2. The van der Waals surface area contributed by atoms with E-state index in [1.54, 1.807) is 18.2 Å². The van der Waals surface area contributed by atoms with Crippen LogP contribution in [-0.2, 0) is 0 Å². The van der Waals surface area contributed by atoms with Crippen molar-refractivity contribution in [3.63, 3.8) is 0 Å². The molecule has 0 atom stereocenters. The van der Waals surface area contributed by atoms with E-state index in [1.165, 1.54) is 23.3 Å². The third kappa shape index (κ3) is 4.06. The van der Waals surface area contributed by atoms with Crippen molar-refractivity contribution in [3.8, 4) is 0 Å². The highest BCUT2D eigenvalue weighted by atomic mass is 19.1. The van der Waals surface area contributed by atoms with Crippen LogP contribution < -0.4 is 5.32 Å². The zero-order valence-corrected chi connectivity index (χ0v) is 14.8. The van der Waals surface area contributed by atoms with Crippen molar-refractivity contribution in [2.24, 2.45) is 0 Å². The summed E-state index contributed by atoms with van der Waals surface area (Å²) >= 11 is 0. The molecule has 0 heterocycles. The van der Waals surface area contributed by atoms with Gasteiger partial charge in [-0.25, -0.2) is 4.39 Å². The summed E-state index contributed by atoms with van der Waals surface area (Å²) in [5.41, 5.74) is 6.61. The van der Waals surface area contributed by atoms with Crippen LogP contribution in [0.5, 0.6) is 0 Å². The van der Waals surface area contributed by atoms with Crippen molar-refractivity contribution < 1.29 is 9.18 Å². The number of carbonyl (C=O) groups excluding carboxylic acids is 1. The molecule has 0 saturated heterocycles. The van der Waals surface area contributed by atoms with E-state index in [-0.39, 0.29) is 5.82 Å². The van der Waals surface area contributed by atoms with Crippen molar-refractivity contribution in [2.75, 3.05) is 5.32 Å². The second-order valence-electron chi connectivity index (χ2n) is 6.22. The van der Waals surface area contributed by atoms with Gasteiger partial charge >= 0.3 is 0 Å². The Hall–Kier alpha value is -3.20. The molecule has 0 saturated carbocycles. The highest BCUT2D eigenvalue weighted by Gasteiger charge is 2.04. The Morgan fingerprint density at radius 2 is 1.65 bits per heavy atom. The molecule has 3 rings (SSSR count). The third-order valence-corrected chi connectivity index (χ3v) is 4.43. The van der Waals surface area contributed by atoms with E-state index in [4.69, 9.17) is 0 Å². The first kappa shape index (κ1) is 17.6. The van der Waals surface area contributed by atoms with Gasteiger partial charge < -0.3 is 5.32 Å². The number of anilines is 2.